The second-order valence-electron chi connectivity index (χ2n) is 9.93. The van der Waals surface area contributed by atoms with Gasteiger partial charge in [0.25, 0.3) is 0 Å². The molecule has 1 aliphatic heterocycles. The van der Waals surface area contributed by atoms with Crippen molar-refractivity contribution < 1.29 is 31.1 Å². The molecule has 4 rings (SSSR count). The van der Waals surface area contributed by atoms with Crippen LogP contribution < -0.4 is 15.4 Å². The maximum atomic E-state index is 13.6. The van der Waals surface area contributed by atoms with E-state index in [-0.39, 0.29) is 41.4 Å². The number of amides is 1. The number of halogens is 3. The second-order valence-corrected chi connectivity index (χ2v) is 11.9. The molecule has 2 aromatic carbocycles. The number of likely N-dealkylation sites (tertiary alicyclic amines) is 1. The number of alkyl halides is 3. The predicted molar refractivity (Wildman–Crippen MR) is 153 cm³/mol. The van der Waals surface area contributed by atoms with Crippen LogP contribution in [-0.2, 0) is 21.2 Å². The van der Waals surface area contributed by atoms with E-state index in [1.807, 2.05) is 12.1 Å². The fourth-order valence-corrected chi connectivity index (χ4v) is 5.44. The molecule has 0 unspecified atom stereocenters. The Balaban J connectivity index is 1.58. The Hall–Kier alpha value is -4.36. The van der Waals surface area contributed by atoms with Gasteiger partial charge in [0, 0.05) is 49.5 Å². The molecule has 1 fully saturated rings. The highest BCUT2D eigenvalue weighted by atomic mass is 32.2. The van der Waals surface area contributed by atoms with Crippen LogP contribution in [0.2, 0.25) is 0 Å². The van der Waals surface area contributed by atoms with Gasteiger partial charge in [0.05, 0.1) is 28.3 Å². The minimum absolute atomic E-state index is 0.00844. The van der Waals surface area contributed by atoms with Crippen LogP contribution in [0.1, 0.15) is 25.5 Å². The van der Waals surface area contributed by atoms with Crippen LogP contribution in [0.3, 0.4) is 0 Å². The Bertz CT molecular complexity index is 1680. The third-order valence-corrected chi connectivity index (χ3v) is 7.95. The van der Waals surface area contributed by atoms with Crippen molar-refractivity contribution >= 4 is 38.0 Å². The summed E-state index contributed by atoms with van der Waals surface area (Å²) in [7, 11) is -3.51. The molecule has 1 amide bonds. The number of ether oxygens (including phenoxy) is 1. The van der Waals surface area contributed by atoms with Crippen LogP contribution in [0.4, 0.5) is 24.5 Å². The number of carbonyl (C=O) groups is 1. The standard InChI is InChI=1S/C29H30F3N5O4S/c1-20(38)36-14-10-21(11-15-36)35-25-6-3-7-27-24(25)17-22(37(27)19-29(30,31)32)5-4-13-34-26-9-8-23(42(2,39)40)18-28(26)41-16-12-33/h3,6-9,17-18,21,34-35H,10-11,13-16,19H2,1-2H3. The van der Waals surface area contributed by atoms with Gasteiger partial charge in [0.2, 0.25) is 5.91 Å². The molecule has 0 bridgehead atoms. The van der Waals surface area contributed by atoms with Crippen LogP contribution in [0.25, 0.3) is 10.9 Å². The highest BCUT2D eigenvalue weighted by Gasteiger charge is 2.30. The number of nitriles is 1. The molecule has 13 heteroatoms. The number of nitrogens with one attached hydrogen (secondary N) is 2. The van der Waals surface area contributed by atoms with Crippen LogP contribution in [-0.4, -0.2) is 68.5 Å². The molecule has 1 saturated heterocycles. The van der Waals surface area contributed by atoms with Crippen molar-refractivity contribution in [1.82, 2.24) is 9.47 Å². The van der Waals surface area contributed by atoms with Crippen molar-refractivity contribution in [1.29, 1.82) is 5.26 Å². The summed E-state index contributed by atoms with van der Waals surface area (Å²) in [4.78, 5) is 13.4. The molecule has 0 saturated carbocycles. The number of hydrogen-bond donors (Lipinski definition) is 2. The lowest BCUT2D eigenvalue weighted by Gasteiger charge is -2.32. The molecule has 0 spiro atoms. The maximum absolute atomic E-state index is 13.6. The number of aromatic nitrogens is 1. The summed E-state index contributed by atoms with van der Waals surface area (Å²) in [5.74, 6) is 5.83. The number of piperidine rings is 1. The van der Waals surface area contributed by atoms with Gasteiger partial charge in [-0.1, -0.05) is 12.0 Å². The highest BCUT2D eigenvalue weighted by molar-refractivity contribution is 7.90. The molecule has 3 aromatic rings. The average Bonchev–Trinajstić information content (AvgIpc) is 3.26. The summed E-state index contributed by atoms with van der Waals surface area (Å²) in [5, 5.41) is 15.9. The summed E-state index contributed by atoms with van der Waals surface area (Å²) < 4.78 is 71.0. The Morgan fingerprint density at radius 3 is 2.52 bits per heavy atom. The Kier molecular flexibility index (Phi) is 9.22. The lowest BCUT2D eigenvalue weighted by Crippen LogP contribution is -2.41. The fraction of sp³-hybridized carbons (Fsp3) is 0.379. The third-order valence-electron chi connectivity index (χ3n) is 6.84. The molecule has 9 nitrogen and oxygen atoms in total. The van der Waals surface area contributed by atoms with Crippen molar-refractivity contribution in [3.05, 3.63) is 48.2 Å². The molecule has 2 N–H and O–H groups in total. The normalized spacial score (nSPS) is 14.1. The fourth-order valence-electron chi connectivity index (χ4n) is 4.81. The Morgan fingerprint density at radius 1 is 1.14 bits per heavy atom. The van der Waals surface area contributed by atoms with Crippen LogP contribution in [0.5, 0.6) is 5.75 Å². The van der Waals surface area contributed by atoms with Crippen molar-refractivity contribution in [3.8, 4) is 23.7 Å². The monoisotopic (exact) mass is 601 g/mol. The summed E-state index contributed by atoms with van der Waals surface area (Å²) in [6, 6.07) is 12.8. The first-order chi connectivity index (χ1) is 19.9. The number of rotatable bonds is 8. The van der Waals surface area contributed by atoms with Crippen molar-refractivity contribution in [2.24, 2.45) is 0 Å². The largest absolute Gasteiger partial charge is 0.477 e. The van der Waals surface area contributed by atoms with E-state index in [4.69, 9.17) is 10.00 Å². The number of carbonyl (C=O) groups excluding carboxylic acids is 1. The highest BCUT2D eigenvalue weighted by Crippen LogP contribution is 2.32. The molecule has 222 valence electrons. The molecule has 0 aliphatic carbocycles. The van der Waals surface area contributed by atoms with Crippen LogP contribution in [0.15, 0.2) is 47.4 Å². The van der Waals surface area contributed by atoms with Crippen molar-refractivity contribution in [2.45, 2.75) is 43.4 Å². The van der Waals surface area contributed by atoms with E-state index in [1.165, 1.54) is 25.1 Å². The van der Waals surface area contributed by atoms with Crippen molar-refractivity contribution in [2.75, 3.05) is 43.1 Å². The Labute approximate surface area is 242 Å². The summed E-state index contributed by atoms with van der Waals surface area (Å²) >= 11 is 0. The molecule has 1 aromatic heterocycles. The van der Waals surface area contributed by atoms with E-state index in [2.05, 4.69) is 22.5 Å². The van der Waals surface area contributed by atoms with Gasteiger partial charge in [-0.3, -0.25) is 4.79 Å². The zero-order chi connectivity index (χ0) is 30.5. The zero-order valence-electron chi connectivity index (χ0n) is 23.1. The summed E-state index contributed by atoms with van der Waals surface area (Å²) in [6.07, 6.45) is -1.98. The van der Waals surface area contributed by atoms with Gasteiger partial charge in [-0.15, -0.1) is 0 Å². The van der Waals surface area contributed by atoms with Crippen molar-refractivity contribution in [3.63, 3.8) is 0 Å². The van der Waals surface area contributed by atoms with E-state index < -0.39 is 22.6 Å². The van der Waals surface area contributed by atoms with E-state index in [0.29, 0.717) is 35.4 Å². The smallest absolute Gasteiger partial charge is 0.406 e. The average molecular weight is 602 g/mol. The maximum Gasteiger partial charge on any atom is 0.406 e. The first-order valence-corrected chi connectivity index (χ1v) is 15.0. The van der Waals surface area contributed by atoms with Gasteiger partial charge in [0.1, 0.15) is 18.4 Å². The Morgan fingerprint density at radius 2 is 1.88 bits per heavy atom. The predicted octanol–water partition coefficient (Wildman–Crippen LogP) is 4.40. The summed E-state index contributed by atoms with van der Waals surface area (Å²) in [5.41, 5.74) is 1.64. The van der Waals surface area contributed by atoms with Gasteiger partial charge in [0.15, 0.2) is 16.4 Å². The number of anilines is 2. The van der Waals surface area contributed by atoms with E-state index in [1.54, 1.807) is 23.1 Å². The van der Waals surface area contributed by atoms with Gasteiger partial charge in [-0.2, -0.15) is 18.4 Å². The minimum Gasteiger partial charge on any atom is -0.477 e. The van der Waals surface area contributed by atoms with Gasteiger partial charge in [-0.25, -0.2) is 8.42 Å². The van der Waals surface area contributed by atoms with Gasteiger partial charge < -0.3 is 24.8 Å². The molecular formula is C29H30F3N5O4S. The van der Waals surface area contributed by atoms with Gasteiger partial charge in [-0.05, 0) is 49.1 Å². The van der Waals surface area contributed by atoms with E-state index >= 15 is 0 Å². The van der Waals surface area contributed by atoms with Crippen LogP contribution in [0, 0.1) is 23.2 Å². The quantitative estimate of drug-likeness (QED) is 0.368. The first-order valence-electron chi connectivity index (χ1n) is 13.1. The number of benzene rings is 2. The second kappa shape index (κ2) is 12.7. The van der Waals surface area contributed by atoms with E-state index in [9.17, 15) is 26.4 Å². The summed E-state index contributed by atoms with van der Waals surface area (Å²) in [6.45, 7) is 1.25. The van der Waals surface area contributed by atoms with E-state index in [0.717, 1.165) is 23.7 Å². The minimum atomic E-state index is -4.47. The lowest BCUT2D eigenvalue weighted by molar-refractivity contribution is -0.140. The molecule has 1 aliphatic rings. The number of nitrogens with zero attached hydrogens (tertiary/aromatic N) is 3. The number of fused-ring (bicyclic) bond motifs is 1. The SMILES string of the molecule is CC(=O)N1CCC(Nc2cccc3c2cc(C#CCNc2ccc(S(C)(=O)=O)cc2OCC#N)n3CC(F)(F)F)CC1. The molecular weight excluding hydrogens is 571 g/mol. The third kappa shape index (κ3) is 7.68. The molecule has 2 heterocycles. The molecule has 0 atom stereocenters. The van der Waals surface area contributed by atoms with Crippen LogP contribution >= 0.6 is 0 Å². The van der Waals surface area contributed by atoms with Gasteiger partial charge >= 0.3 is 6.18 Å². The number of sulfone groups is 1. The number of hydrogen-bond acceptors (Lipinski definition) is 7. The lowest BCUT2D eigenvalue weighted by atomic mass is 10.0. The first kappa shape index (κ1) is 30.6. The zero-order valence-corrected chi connectivity index (χ0v) is 23.9. The molecule has 42 heavy (non-hydrogen) atoms. The topological polar surface area (TPSA) is 116 Å². The molecule has 0 radical (unpaired) electrons.